The van der Waals surface area contributed by atoms with Gasteiger partial charge in [-0.05, 0) is 67.6 Å². The van der Waals surface area contributed by atoms with Crippen molar-refractivity contribution in [2.24, 2.45) is 10.9 Å². The van der Waals surface area contributed by atoms with Crippen LogP contribution in [0.3, 0.4) is 0 Å². The minimum atomic E-state index is 0. The Balaban J connectivity index is 0.00000289. The Kier molecular flexibility index (Phi) is 9.92. The Morgan fingerprint density at radius 2 is 1.78 bits per heavy atom. The topological polar surface area (TPSA) is 43.3 Å². The van der Waals surface area contributed by atoms with Crippen LogP contribution in [0, 0.1) is 5.92 Å². The zero-order valence-corrected chi connectivity index (χ0v) is 22.4. The second-order valence-corrected chi connectivity index (χ2v) is 9.43. The molecule has 4 rings (SSSR count). The maximum atomic E-state index is 5.27. The lowest BCUT2D eigenvalue weighted by atomic mass is 9.97. The molecule has 0 aliphatic carbocycles. The average molecular weight is 570 g/mol. The summed E-state index contributed by atoms with van der Waals surface area (Å²) in [6.45, 7) is 8.53. The van der Waals surface area contributed by atoms with Gasteiger partial charge in [-0.3, -0.25) is 9.89 Å². The molecule has 6 nitrogen and oxygen atoms in total. The lowest BCUT2D eigenvalue weighted by Crippen LogP contribution is -2.53. The fraction of sp³-hybridized carbons (Fsp3) is 0.542. The van der Waals surface area contributed by atoms with Gasteiger partial charge in [-0.25, -0.2) is 0 Å². The second-order valence-electron chi connectivity index (χ2n) is 8.40. The zero-order chi connectivity index (χ0) is 21.5. The van der Waals surface area contributed by atoms with Crippen LogP contribution in [0.5, 0.6) is 5.75 Å². The van der Waals surface area contributed by atoms with Crippen LogP contribution < -0.4 is 15.0 Å². The third kappa shape index (κ3) is 6.74. The van der Waals surface area contributed by atoms with E-state index < -0.39 is 0 Å². The number of piperazine rings is 1. The van der Waals surface area contributed by atoms with Gasteiger partial charge in [0, 0.05) is 56.9 Å². The van der Waals surface area contributed by atoms with Gasteiger partial charge in [0.25, 0.3) is 0 Å². The molecule has 8 heteroatoms. The molecule has 3 heterocycles. The van der Waals surface area contributed by atoms with Gasteiger partial charge in [-0.15, -0.1) is 35.3 Å². The van der Waals surface area contributed by atoms with Gasteiger partial charge in [0.15, 0.2) is 5.96 Å². The molecule has 0 amide bonds. The van der Waals surface area contributed by atoms with Crippen LogP contribution in [0.4, 0.5) is 5.69 Å². The van der Waals surface area contributed by atoms with Crippen molar-refractivity contribution >= 4 is 47.0 Å². The Morgan fingerprint density at radius 3 is 2.38 bits per heavy atom. The highest BCUT2D eigenvalue weighted by Crippen LogP contribution is 2.22. The quantitative estimate of drug-likeness (QED) is 0.324. The second kappa shape index (κ2) is 12.6. The molecule has 2 fully saturated rings. The standard InChI is InChI=1S/C24H35N5OS.HI/c1-25-24(26-18-20-9-11-27(12-10-20)19-23-4-3-17-31-23)29-15-13-28(14-16-29)21-5-7-22(30-2)8-6-21;/h3-8,17,20H,9-16,18-19H2,1-2H3,(H,25,26);1H. The number of piperidine rings is 1. The van der Waals surface area contributed by atoms with E-state index in [-0.39, 0.29) is 24.0 Å². The number of halogens is 1. The normalized spacial score (nSPS) is 18.4. The van der Waals surface area contributed by atoms with Gasteiger partial charge in [-0.1, -0.05) is 6.07 Å². The number of hydrogen-bond acceptors (Lipinski definition) is 5. The van der Waals surface area contributed by atoms with E-state index in [4.69, 9.17) is 4.74 Å². The maximum Gasteiger partial charge on any atom is 0.193 e. The molecular weight excluding hydrogens is 533 g/mol. The lowest BCUT2D eigenvalue weighted by molar-refractivity contribution is 0.178. The molecule has 0 radical (unpaired) electrons. The molecule has 32 heavy (non-hydrogen) atoms. The molecule has 2 aliphatic rings. The molecule has 0 bridgehead atoms. The predicted molar refractivity (Wildman–Crippen MR) is 146 cm³/mol. The molecule has 0 saturated carbocycles. The average Bonchev–Trinajstić information content (AvgIpc) is 3.34. The van der Waals surface area contributed by atoms with E-state index in [0.29, 0.717) is 0 Å². The fourth-order valence-electron chi connectivity index (χ4n) is 4.51. The molecular formula is C24H36IN5OS. The van der Waals surface area contributed by atoms with Crippen LogP contribution in [-0.2, 0) is 6.54 Å². The molecule has 0 spiro atoms. The molecule has 2 saturated heterocycles. The van der Waals surface area contributed by atoms with E-state index in [1.807, 2.05) is 30.5 Å². The van der Waals surface area contributed by atoms with Crippen molar-refractivity contribution in [2.45, 2.75) is 19.4 Å². The number of thiophene rings is 1. The minimum absolute atomic E-state index is 0. The van der Waals surface area contributed by atoms with Crippen LogP contribution in [-0.4, -0.2) is 75.7 Å². The summed E-state index contributed by atoms with van der Waals surface area (Å²) in [6, 6.07) is 12.8. The highest BCUT2D eigenvalue weighted by Gasteiger charge is 2.23. The van der Waals surface area contributed by atoms with Crippen LogP contribution in [0.15, 0.2) is 46.8 Å². The van der Waals surface area contributed by atoms with Crippen LogP contribution >= 0.6 is 35.3 Å². The molecule has 1 aromatic heterocycles. The van der Waals surface area contributed by atoms with Gasteiger partial charge < -0.3 is 19.9 Å². The monoisotopic (exact) mass is 569 g/mol. The molecule has 2 aromatic rings. The molecule has 2 aliphatic heterocycles. The number of ether oxygens (including phenoxy) is 1. The number of benzene rings is 1. The van der Waals surface area contributed by atoms with Crippen LogP contribution in [0.1, 0.15) is 17.7 Å². The maximum absolute atomic E-state index is 5.27. The number of aliphatic imine (C=N–C) groups is 1. The largest absolute Gasteiger partial charge is 0.497 e. The Labute approximate surface area is 213 Å². The molecule has 1 N–H and O–H groups in total. The number of rotatable bonds is 6. The zero-order valence-electron chi connectivity index (χ0n) is 19.2. The first kappa shape index (κ1) is 25.1. The molecule has 0 atom stereocenters. The summed E-state index contributed by atoms with van der Waals surface area (Å²) < 4.78 is 5.27. The predicted octanol–water partition coefficient (Wildman–Crippen LogP) is 3.98. The number of likely N-dealkylation sites (tertiary alicyclic amines) is 1. The highest BCUT2D eigenvalue weighted by atomic mass is 127. The molecule has 0 unspecified atom stereocenters. The first-order valence-corrected chi connectivity index (χ1v) is 12.2. The van der Waals surface area contributed by atoms with Gasteiger partial charge in [0.2, 0.25) is 0 Å². The smallest absolute Gasteiger partial charge is 0.193 e. The highest BCUT2D eigenvalue weighted by molar-refractivity contribution is 14.0. The number of nitrogens with one attached hydrogen (secondary N) is 1. The van der Waals surface area contributed by atoms with Crippen molar-refractivity contribution < 1.29 is 4.74 Å². The van der Waals surface area contributed by atoms with Gasteiger partial charge in [0.1, 0.15) is 5.75 Å². The first-order valence-electron chi connectivity index (χ1n) is 11.3. The van der Waals surface area contributed by atoms with E-state index in [0.717, 1.165) is 56.9 Å². The van der Waals surface area contributed by atoms with Crippen LogP contribution in [0.25, 0.3) is 0 Å². The van der Waals surface area contributed by atoms with Crippen molar-refractivity contribution in [3.63, 3.8) is 0 Å². The fourth-order valence-corrected chi connectivity index (χ4v) is 5.26. The number of methoxy groups -OCH3 is 1. The third-order valence-corrected chi connectivity index (χ3v) is 7.31. The summed E-state index contributed by atoms with van der Waals surface area (Å²) in [4.78, 5) is 13.5. The molecule has 176 valence electrons. The Hall–Kier alpha value is -1.52. The summed E-state index contributed by atoms with van der Waals surface area (Å²) in [5.41, 5.74) is 1.26. The molecule has 1 aromatic carbocycles. The summed E-state index contributed by atoms with van der Waals surface area (Å²) in [5.74, 6) is 2.69. The summed E-state index contributed by atoms with van der Waals surface area (Å²) >= 11 is 1.87. The van der Waals surface area contributed by atoms with E-state index in [2.05, 4.69) is 54.7 Å². The van der Waals surface area contributed by atoms with Gasteiger partial charge >= 0.3 is 0 Å². The number of guanidine groups is 1. The Bertz CT molecular complexity index is 813. The van der Waals surface area contributed by atoms with Gasteiger partial charge in [-0.2, -0.15) is 0 Å². The van der Waals surface area contributed by atoms with E-state index in [1.54, 1.807) is 7.11 Å². The lowest BCUT2D eigenvalue weighted by Gasteiger charge is -2.38. The first-order chi connectivity index (χ1) is 15.2. The van der Waals surface area contributed by atoms with E-state index in [1.165, 1.54) is 36.5 Å². The number of anilines is 1. The summed E-state index contributed by atoms with van der Waals surface area (Å²) in [7, 11) is 3.61. The number of hydrogen-bond donors (Lipinski definition) is 1. The Morgan fingerprint density at radius 1 is 1.06 bits per heavy atom. The van der Waals surface area contributed by atoms with Crippen molar-refractivity contribution in [1.82, 2.24) is 15.1 Å². The van der Waals surface area contributed by atoms with Gasteiger partial charge in [0.05, 0.1) is 7.11 Å². The van der Waals surface area contributed by atoms with E-state index in [9.17, 15) is 0 Å². The van der Waals surface area contributed by atoms with Crippen LogP contribution in [0.2, 0.25) is 0 Å². The van der Waals surface area contributed by atoms with Crippen molar-refractivity contribution in [1.29, 1.82) is 0 Å². The van der Waals surface area contributed by atoms with Crippen molar-refractivity contribution in [3.05, 3.63) is 46.7 Å². The van der Waals surface area contributed by atoms with Crippen molar-refractivity contribution in [2.75, 3.05) is 64.9 Å². The summed E-state index contributed by atoms with van der Waals surface area (Å²) in [6.07, 6.45) is 2.53. The van der Waals surface area contributed by atoms with E-state index >= 15 is 0 Å². The number of nitrogens with zero attached hydrogens (tertiary/aromatic N) is 4. The summed E-state index contributed by atoms with van der Waals surface area (Å²) in [5, 5.41) is 5.84. The van der Waals surface area contributed by atoms with Crippen molar-refractivity contribution in [3.8, 4) is 5.75 Å². The SMILES string of the molecule is CN=C(NCC1CCN(Cc2cccs2)CC1)N1CCN(c2ccc(OC)cc2)CC1.I. The third-order valence-electron chi connectivity index (χ3n) is 6.44. The minimum Gasteiger partial charge on any atom is -0.497 e.